The van der Waals surface area contributed by atoms with E-state index in [1.807, 2.05) is 30.6 Å². The highest BCUT2D eigenvalue weighted by atomic mass is 35.5. The first kappa shape index (κ1) is 11.3. The summed E-state index contributed by atoms with van der Waals surface area (Å²) in [7, 11) is 0. The molecule has 1 rings (SSSR count). The molecule has 1 nitrogen and oxygen atoms in total. The van der Waals surface area contributed by atoms with Crippen molar-refractivity contribution in [2.75, 3.05) is 0 Å². The predicted molar refractivity (Wildman–Crippen MR) is 59.3 cm³/mol. The second kappa shape index (κ2) is 6.61. The molecule has 0 unspecified atom stereocenters. The number of rotatable bonds is 6. The maximum atomic E-state index is 9.95. The Morgan fingerprint density at radius 3 is 2.64 bits per heavy atom. The van der Waals surface area contributed by atoms with E-state index < -0.39 is 0 Å². The molecule has 1 aromatic rings. The molecule has 1 radical (unpaired) electrons. The molecule has 0 atom stereocenters. The average molecular weight is 210 g/mol. The Labute approximate surface area is 90.1 Å². The molecule has 0 saturated heterocycles. The van der Waals surface area contributed by atoms with Crippen molar-refractivity contribution < 1.29 is 4.79 Å². The fourth-order valence-electron chi connectivity index (χ4n) is 1.39. The van der Waals surface area contributed by atoms with Crippen LogP contribution in [0.3, 0.4) is 0 Å². The molecule has 1 aromatic carbocycles. The fraction of sp³-hybridized carbons (Fsp3) is 0.417. The second-order valence-electron chi connectivity index (χ2n) is 3.30. The minimum atomic E-state index is 0.558. The Kier molecular flexibility index (Phi) is 5.31. The third-order valence-electron chi connectivity index (χ3n) is 2.18. The number of halogens is 1. The molecule has 0 aliphatic carbocycles. The summed E-state index contributed by atoms with van der Waals surface area (Å²) in [5.74, 6) is 0. The van der Waals surface area contributed by atoms with Gasteiger partial charge in [0.1, 0.15) is 0 Å². The first-order valence-corrected chi connectivity index (χ1v) is 5.31. The molecule has 0 spiro atoms. The molecule has 2 heteroatoms. The molecule has 14 heavy (non-hydrogen) atoms. The van der Waals surface area contributed by atoms with E-state index in [2.05, 4.69) is 0 Å². The quantitative estimate of drug-likeness (QED) is 0.655. The summed E-state index contributed by atoms with van der Waals surface area (Å²) < 4.78 is 0. The maximum Gasteiger partial charge on any atom is 0.198 e. The van der Waals surface area contributed by atoms with E-state index in [0.717, 1.165) is 30.7 Å². The Morgan fingerprint density at radius 1 is 1.14 bits per heavy atom. The van der Waals surface area contributed by atoms with Crippen LogP contribution in [0.25, 0.3) is 0 Å². The Balaban J connectivity index is 2.24. The van der Waals surface area contributed by atoms with Gasteiger partial charge >= 0.3 is 0 Å². The molecule has 0 aliphatic heterocycles. The van der Waals surface area contributed by atoms with Crippen molar-refractivity contribution in [1.82, 2.24) is 0 Å². The van der Waals surface area contributed by atoms with Crippen LogP contribution in [0.5, 0.6) is 0 Å². The number of benzene rings is 1. The zero-order valence-corrected chi connectivity index (χ0v) is 8.89. The fourth-order valence-corrected chi connectivity index (χ4v) is 1.62. The molecular weight excluding hydrogens is 196 g/mol. The van der Waals surface area contributed by atoms with Crippen LogP contribution in [0.15, 0.2) is 24.3 Å². The molecule has 0 fully saturated rings. The zero-order chi connectivity index (χ0) is 10.2. The molecule has 0 aromatic heterocycles. The summed E-state index contributed by atoms with van der Waals surface area (Å²) in [6.07, 6.45) is 6.56. The van der Waals surface area contributed by atoms with Crippen molar-refractivity contribution in [3.05, 3.63) is 34.9 Å². The van der Waals surface area contributed by atoms with Crippen molar-refractivity contribution >= 4 is 17.9 Å². The van der Waals surface area contributed by atoms with E-state index in [0.29, 0.717) is 6.42 Å². The number of unbranched alkanes of at least 4 members (excludes halogenated alkanes) is 3. The summed E-state index contributed by atoms with van der Waals surface area (Å²) in [4.78, 5) is 9.95. The zero-order valence-electron chi connectivity index (χ0n) is 8.13. The van der Waals surface area contributed by atoms with E-state index in [4.69, 9.17) is 11.6 Å². The summed E-state index contributed by atoms with van der Waals surface area (Å²) >= 11 is 6.00. The van der Waals surface area contributed by atoms with Gasteiger partial charge in [-0.1, -0.05) is 36.2 Å². The van der Waals surface area contributed by atoms with Crippen molar-refractivity contribution in [3.63, 3.8) is 0 Å². The van der Waals surface area contributed by atoms with Crippen molar-refractivity contribution in [2.45, 2.75) is 32.1 Å². The molecule has 0 saturated carbocycles. The lowest BCUT2D eigenvalue weighted by Gasteiger charge is -2.02. The number of hydrogen-bond donors (Lipinski definition) is 0. The van der Waals surface area contributed by atoms with Gasteiger partial charge in [0.25, 0.3) is 0 Å². The highest BCUT2D eigenvalue weighted by Crippen LogP contribution is 2.17. The molecule has 0 amide bonds. The van der Waals surface area contributed by atoms with Crippen LogP contribution in [0.4, 0.5) is 0 Å². The smallest absolute Gasteiger partial charge is 0.198 e. The largest absolute Gasteiger partial charge is 0.291 e. The average Bonchev–Trinajstić information content (AvgIpc) is 2.20. The van der Waals surface area contributed by atoms with E-state index >= 15 is 0 Å². The van der Waals surface area contributed by atoms with Crippen LogP contribution < -0.4 is 0 Å². The lowest BCUT2D eigenvalue weighted by atomic mass is 10.1. The molecule has 0 heterocycles. The number of carbonyl (C=O) groups excluding carboxylic acids is 1. The minimum absolute atomic E-state index is 0.558. The van der Waals surface area contributed by atoms with Crippen LogP contribution in [-0.4, -0.2) is 6.29 Å². The van der Waals surface area contributed by atoms with Crippen molar-refractivity contribution in [1.29, 1.82) is 0 Å². The van der Waals surface area contributed by atoms with E-state index in [9.17, 15) is 4.79 Å². The minimum Gasteiger partial charge on any atom is -0.291 e. The number of aryl methyl sites for hydroxylation is 1. The van der Waals surface area contributed by atoms with Crippen LogP contribution in [0.1, 0.15) is 31.2 Å². The van der Waals surface area contributed by atoms with E-state index in [-0.39, 0.29) is 0 Å². The van der Waals surface area contributed by atoms with Gasteiger partial charge in [0.15, 0.2) is 6.29 Å². The molecule has 0 N–H and O–H groups in total. The van der Waals surface area contributed by atoms with Crippen LogP contribution in [0, 0.1) is 0 Å². The Bertz CT molecular complexity index is 283. The summed E-state index contributed by atoms with van der Waals surface area (Å²) in [6, 6.07) is 7.90. The highest BCUT2D eigenvalue weighted by Gasteiger charge is 1.98. The normalized spacial score (nSPS) is 10.1. The van der Waals surface area contributed by atoms with Gasteiger partial charge in [0.05, 0.1) is 0 Å². The predicted octanol–water partition coefficient (Wildman–Crippen LogP) is 3.55. The first-order valence-electron chi connectivity index (χ1n) is 4.93. The third-order valence-corrected chi connectivity index (χ3v) is 2.55. The SMILES string of the molecule is O=[C]CCCCCc1ccccc1Cl. The molecule has 0 bridgehead atoms. The first-order chi connectivity index (χ1) is 6.84. The van der Waals surface area contributed by atoms with Gasteiger partial charge in [-0.25, -0.2) is 0 Å². The van der Waals surface area contributed by atoms with Crippen LogP contribution in [0.2, 0.25) is 5.02 Å². The monoisotopic (exact) mass is 209 g/mol. The van der Waals surface area contributed by atoms with Gasteiger partial charge in [0, 0.05) is 11.4 Å². The molecule has 0 aliphatic rings. The summed E-state index contributed by atoms with van der Waals surface area (Å²) in [6.45, 7) is 0. The van der Waals surface area contributed by atoms with Crippen molar-refractivity contribution in [3.8, 4) is 0 Å². The molecular formula is C12H14ClO. The summed E-state index contributed by atoms with van der Waals surface area (Å²) in [5.41, 5.74) is 1.20. The van der Waals surface area contributed by atoms with Gasteiger partial charge < -0.3 is 0 Å². The van der Waals surface area contributed by atoms with Gasteiger partial charge in [0.2, 0.25) is 0 Å². The van der Waals surface area contributed by atoms with Gasteiger partial charge in [-0.15, -0.1) is 0 Å². The lowest BCUT2D eigenvalue weighted by molar-refractivity contribution is 0.545. The maximum absolute atomic E-state index is 9.95. The van der Waals surface area contributed by atoms with Crippen molar-refractivity contribution in [2.24, 2.45) is 0 Å². The Hall–Kier alpha value is -0.820. The second-order valence-corrected chi connectivity index (χ2v) is 3.70. The Morgan fingerprint density at radius 2 is 1.93 bits per heavy atom. The van der Waals surface area contributed by atoms with Crippen LogP contribution >= 0.6 is 11.6 Å². The number of hydrogen-bond acceptors (Lipinski definition) is 1. The standard InChI is InChI=1S/C12H14ClO/c13-12-9-5-4-8-11(12)7-3-1-2-6-10-14/h4-5,8-9H,1-3,6-7H2. The molecule has 75 valence electrons. The topological polar surface area (TPSA) is 17.1 Å². The van der Waals surface area contributed by atoms with Gasteiger partial charge in [-0.3, -0.25) is 4.79 Å². The third kappa shape index (κ3) is 3.93. The van der Waals surface area contributed by atoms with E-state index in [1.165, 1.54) is 5.56 Å². The summed E-state index contributed by atoms with van der Waals surface area (Å²) in [5, 5.41) is 0.842. The van der Waals surface area contributed by atoms with Crippen LogP contribution in [-0.2, 0) is 11.2 Å². The van der Waals surface area contributed by atoms with Gasteiger partial charge in [-0.2, -0.15) is 0 Å². The van der Waals surface area contributed by atoms with Gasteiger partial charge in [-0.05, 0) is 30.9 Å². The van der Waals surface area contributed by atoms with E-state index in [1.54, 1.807) is 0 Å². The highest BCUT2D eigenvalue weighted by molar-refractivity contribution is 6.31. The lowest BCUT2D eigenvalue weighted by Crippen LogP contribution is -1.87.